The van der Waals surface area contributed by atoms with E-state index in [1.165, 1.54) is 12.8 Å². The lowest BCUT2D eigenvalue weighted by molar-refractivity contribution is -0.153. The molecule has 1 saturated heterocycles. The molecular weight excluding hydrogens is 394 g/mol. The summed E-state index contributed by atoms with van der Waals surface area (Å²) in [6.45, 7) is 5.52. The van der Waals surface area contributed by atoms with Crippen molar-refractivity contribution in [2.24, 2.45) is 5.92 Å². The number of esters is 1. The summed E-state index contributed by atoms with van der Waals surface area (Å²) in [7, 11) is 0. The highest BCUT2D eigenvalue weighted by Crippen LogP contribution is 2.24. The Morgan fingerprint density at radius 2 is 1.77 bits per heavy atom. The number of rotatable bonds is 7. The molecule has 0 bridgehead atoms. The van der Waals surface area contributed by atoms with Crippen molar-refractivity contribution in [1.82, 2.24) is 0 Å². The zero-order chi connectivity index (χ0) is 22.2. The molecule has 1 aliphatic heterocycles. The first-order chi connectivity index (χ1) is 14.9. The molecular formula is C24H27N3O4. The van der Waals surface area contributed by atoms with Gasteiger partial charge in [0, 0.05) is 24.5 Å². The van der Waals surface area contributed by atoms with Gasteiger partial charge in [0.2, 0.25) is 0 Å². The number of ether oxygens (including phenoxy) is 2. The van der Waals surface area contributed by atoms with Gasteiger partial charge >= 0.3 is 5.97 Å². The number of carbonyl (C=O) groups is 2. The maximum absolute atomic E-state index is 12.1. The second-order valence-corrected chi connectivity index (χ2v) is 7.77. The SMILES string of the molecule is CC1CCN(c2ccc(NC(=O)COC(=O)[C@H](C)Oc3ccc(C#N)cc3)cc2)CC1. The smallest absolute Gasteiger partial charge is 0.347 e. The Kier molecular flexibility index (Phi) is 7.50. The van der Waals surface area contributed by atoms with Crippen molar-refractivity contribution < 1.29 is 19.1 Å². The van der Waals surface area contributed by atoms with E-state index >= 15 is 0 Å². The lowest BCUT2D eigenvalue weighted by Crippen LogP contribution is -2.32. The number of anilines is 2. The minimum absolute atomic E-state index is 0.397. The molecule has 0 saturated carbocycles. The number of carbonyl (C=O) groups excluding carboxylic acids is 2. The van der Waals surface area contributed by atoms with E-state index in [9.17, 15) is 9.59 Å². The van der Waals surface area contributed by atoms with Crippen LogP contribution in [0.5, 0.6) is 5.75 Å². The minimum atomic E-state index is -0.882. The highest BCUT2D eigenvalue weighted by atomic mass is 16.6. The standard InChI is InChI=1S/C24H27N3O4/c1-17-11-13-27(14-12-17)21-7-5-20(6-8-21)26-23(28)16-30-24(29)18(2)31-22-9-3-19(15-25)4-10-22/h3-10,17-18H,11-14,16H2,1-2H3,(H,26,28)/t18-/m0/s1. The average Bonchev–Trinajstić information content (AvgIpc) is 2.79. The van der Waals surface area contributed by atoms with E-state index in [1.807, 2.05) is 30.3 Å². The van der Waals surface area contributed by atoms with Crippen LogP contribution in [0.25, 0.3) is 0 Å². The van der Waals surface area contributed by atoms with E-state index in [2.05, 4.69) is 17.1 Å². The summed E-state index contributed by atoms with van der Waals surface area (Å²) in [5, 5.41) is 11.5. The lowest BCUT2D eigenvalue weighted by atomic mass is 9.99. The van der Waals surface area contributed by atoms with Gasteiger partial charge in [-0.1, -0.05) is 6.92 Å². The van der Waals surface area contributed by atoms with Gasteiger partial charge in [0.1, 0.15) is 5.75 Å². The summed E-state index contributed by atoms with van der Waals surface area (Å²) in [6.07, 6.45) is 1.50. The van der Waals surface area contributed by atoms with Gasteiger partial charge in [0.15, 0.2) is 12.7 Å². The van der Waals surface area contributed by atoms with Crippen molar-refractivity contribution in [3.05, 3.63) is 54.1 Å². The molecule has 1 atom stereocenters. The van der Waals surface area contributed by atoms with Crippen LogP contribution >= 0.6 is 0 Å². The van der Waals surface area contributed by atoms with Crippen molar-refractivity contribution in [3.63, 3.8) is 0 Å². The summed E-state index contributed by atoms with van der Waals surface area (Å²) in [6, 6.07) is 16.1. The van der Waals surface area contributed by atoms with Crippen LogP contribution in [-0.2, 0) is 14.3 Å². The van der Waals surface area contributed by atoms with Gasteiger partial charge in [-0.3, -0.25) is 4.79 Å². The number of hydrogen-bond acceptors (Lipinski definition) is 6. The molecule has 1 heterocycles. The molecule has 0 aromatic heterocycles. The van der Waals surface area contributed by atoms with Gasteiger partial charge in [-0.15, -0.1) is 0 Å². The molecule has 7 nitrogen and oxygen atoms in total. The summed E-state index contributed by atoms with van der Waals surface area (Å²) in [5.41, 5.74) is 2.29. The third-order valence-corrected chi connectivity index (χ3v) is 5.27. The van der Waals surface area contributed by atoms with Crippen molar-refractivity contribution in [2.75, 3.05) is 29.9 Å². The number of amides is 1. The molecule has 7 heteroatoms. The Balaban J connectivity index is 1.42. The second kappa shape index (κ2) is 10.5. The number of benzene rings is 2. The average molecular weight is 421 g/mol. The van der Waals surface area contributed by atoms with Gasteiger partial charge in [-0.05, 0) is 74.2 Å². The molecule has 0 aliphatic carbocycles. The maximum Gasteiger partial charge on any atom is 0.347 e. The van der Waals surface area contributed by atoms with E-state index in [-0.39, 0.29) is 0 Å². The first-order valence-electron chi connectivity index (χ1n) is 10.4. The summed E-state index contributed by atoms with van der Waals surface area (Å²) in [5.74, 6) is 0.151. The van der Waals surface area contributed by atoms with E-state index in [4.69, 9.17) is 14.7 Å². The van der Waals surface area contributed by atoms with E-state index < -0.39 is 24.6 Å². The highest BCUT2D eigenvalue weighted by molar-refractivity contribution is 5.93. The minimum Gasteiger partial charge on any atom is -0.479 e. The lowest BCUT2D eigenvalue weighted by Gasteiger charge is -2.32. The van der Waals surface area contributed by atoms with Crippen LogP contribution in [0.15, 0.2) is 48.5 Å². The first-order valence-corrected chi connectivity index (χ1v) is 10.4. The molecule has 0 unspecified atom stereocenters. The van der Waals surface area contributed by atoms with Crippen LogP contribution in [0.1, 0.15) is 32.3 Å². The molecule has 31 heavy (non-hydrogen) atoms. The Morgan fingerprint density at radius 1 is 1.13 bits per heavy atom. The Morgan fingerprint density at radius 3 is 2.39 bits per heavy atom. The quantitative estimate of drug-likeness (QED) is 0.685. The summed E-state index contributed by atoms with van der Waals surface area (Å²) in [4.78, 5) is 26.6. The van der Waals surface area contributed by atoms with Gasteiger partial charge in [0.05, 0.1) is 11.6 Å². The molecule has 1 fully saturated rings. The van der Waals surface area contributed by atoms with Gasteiger partial charge in [0.25, 0.3) is 5.91 Å². The number of nitrogens with zero attached hydrogens (tertiary/aromatic N) is 2. The monoisotopic (exact) mass is 421 g/mol. The number of nitrogens with one attached hydrogen (secondary N) is 1. The predicted molar refractivity (Wildman–Crippen MR) is 118 cm³/mol. The topological polar surface area (TPSA) is 91.7 Å². The van der Waals surface area contributed by atoms with Crippen molar-refractivity contribution in [2.45, 2.75) is 32.8 Å². The highest BCUT2D eigenvalue weighted by Gasteiger charge is 2.18. The van der Waals surface area contributed by atoms with Crippen LogP contribution in [-0.4, -0.2) is 37.7 Å². The van der Waals surface area contributed by atoms with Crippen LogP contribution in [0.3, 0.4) is 0 Å². The fourth-order valence-corrected chi connectivity index (χ4v) is 3.33. The zero-order valence-corrected chi connectivity index (χ0v) is 17.8. The molecule has 1 N–H and O–H groups in total. The maximum atomic E-state index is 12.1. The van der Waals surface area contributed by atoms with Crippen LogP contribution in [0.2, 0.25) is 0 Å². The molecule has 1 amide bonds. The van der Waals surface area contributed by atoms with E-state index in [0.717, 1.165) is 24.7 Å². The number of nitriles is 1. The van der Waals surface area contributed by atoms with Crippen LogP contribution in [0, 0.1) is 17.2 Å². The fourth-order valence-electron chi connectivity index (χ4n) is 3.33. The largest absolute Gasteiger partial charge is 0.479 e. The number of piperidine rings is 1. The van der Waals surface area contributed by atoms with E-state index in [1.54, 1.807) is 31.2 Å². The van der Waals surface area contributed by atoms with Gasteiger partial charge in [-0.2, -0.15) is 5.26 Å². The van der Waals surface area contributed by atoms with Crippen molar-refractivity contribution in [3.8, 4) is 11.8 Å². The molecule has 1 aliphatic rings. The fraction of sp³-hybridized carbons (Fsp3) is 0.375. The second-order valence-electron chi connectivity index (χ2n) is 7.77. The molecule has 2 aromatic rings. The van der Waals surface area contributed by atoms with Crippen LogP contribution in [0.4, 0.5) is 11.4 Å². The molecule has 3 rings (SSSR count). The third-order valence-electron chi connectivity index (χ3n) is 5.27. The summed E-state index contributed by atoms with van der Waals surface area (Å²) < 4.78 is 10.5. The Hall–Kier alpha value is -3.53. The Bertz CT molecular complexity index is 927. The Labute approximate surface area is 182 Å². The van der Waals surface area contributed by atoms with E-state index in [0.29, 0.717) is 17.0 Å². The predicted octanol–water partition coefficient (Wildman–Crippen LogP) is 3.74. The van der Waals surface area contributed by atoms with Crippen LogP contribution < -0.4 is 15.0 Å². The molecule has 162 valence electrons. The molecule has 0 radical (unpaired) electrons. The van der Waals surface area contributed by atoms with Gasteiger partial charge in [-0.25, -0.2) is 4.79 Å². The first kappa shape index (κ1) is 22.2. The number of hydrogen-bond donors (Lipinski definition) is 1. The van der Waals surface area contributed by atoms with Crippen molar-refractivity contribution in [1.29, 1.82) is 5.26 Å². The third kappa shape index (κ3) is 6.48. The molecule has 0 spiro atoms. The zero-order valence-electron chi connectivity index (χ0n) is 17.8. The van der Waals surface area contributed by atoms with Crippen molar-refractivity contribution >= 4 is 23.3 Å². The van der Waals surface area contributed by atoms with Gasteiger partial charge < -0.3 is 19.7 Å². The normalized spacial score (nSPS) is 14.9. The molecule has 2 aromatic carbocycles. The summed E-state index contributed by atoms with van der Waals surface area (Å²) >= 11 is 0.